The second-order valence-corrected chi connectivity index (χ2v) is 6.23. The molecule has 0 saturated heterocycles. The number of hydrogen-bond donors (Lipinski definition) is 2. The predicted molar refractivity (Wildman–Crippen MR) is 87.6 cm³/mol. The number of methoxy groups -OCH3 is 1. The maximum Gasteiger partial charge on any atom is 0.128 e. The van der Waals surface area contributed by atoms with Gasteiger partial charge in [0.05, 0.1) is 17.8 Å². The maximum absolute atomic E-state index is 10.3. The van der Waals surface area contributed by atoms with Crippen LogP contribution in [0.1, 0.15) is 16.3 Å². The molecule has 2 N–H and O–H groups in total. The van der Waals surface area contributed by atoms with Gasteiger partial charge in [-0.05, 0) is 32.4 Å². The number of thiazole rings is 1. The molecule has 0 fully saturated rings. The summed E-state index contributed by atoms with van der Waals surface area (Å²) in [5, 5.41) is 20.7. The molecule has 3 aromatic rings. The highest BCUT2D eigenvalue weighted by Crippen LogP contribution is 2.40. The van der Waals surface area contributed by atoms with Crippen molar-refractivity contribution in [2.45, 2.75) is 20.8 Å². The van der Waals surface area contributed by atoms with Crippen molar-refractivity contribution >= 4 is 11.3 Å². The third-order valence-corrected chi connectivity index (χ3v) is 4.36. The summed E-state index contributed by atoms with van der Waals surface area (Å²) in [6.45, 7) is 5.86. The summed E-state index contributed by atoms with van der Waals surface area (Å²) in [6.07, 6.45) is 0. The Kier molecular flexibility index (Phi) is 3.62. The summed E-state index contributed by atoms with van der Waals surface area (Å²) in [5.41, 5.74) is 5.03. The summed E-state index contributed by atoms with van der Waals surface area (Å²) in [6, 6.07) is 3.50. The number of phenols is 1. The molecule has 0 amide bonds. The number of aryl methyl sites for hydroxylation is 3. The first kappa shape index (κ1) is 14.6. The number of ether oxygens (including phenoxy) is 1. The van der Waals surface area contributed by atoms with E-state index >= 15 is 0 Å². The topological polar surface area (TPSA) is 71.0 Å². The molecule has 0 atom stereocenters. The van der Waals surface area contributed by atoms with Crippen LogP contribution in [0.15, 0.2) is 17.5 Å². The number of nitrogens with one attached hydrogen (secondary N) is 1. The summed E-state index contributed by atoms with van der Waals surface area (Å²) in [5.74, 6) is 0.793. The Hall–Kier alpha value is -2.34. The van der Waals surface area contributed by atoms with Gasteiger partial charge < -0.3 is 9.84 Å². The molecule has 0 unspecified atom stereocenters. The molecule has 22 heavy (non-hydrogen) atoms. The Labute approximate surface area is 132 Å². The van der Waals surface area contributed by atoms with E-state index in [9.17, 15) is 5.11 Å². The number of benzene rings is 1. The molecule has 2 heterocycles. The number of aromatic nitrogens is 3. The van der Waals surface area contributed by atoms with Crippen molar-refractivity contribution in [2.75, 3.05) is 7.11 Å². The summed E-state index contributed by atoms with van der Waals surface area (Å²) < 4.78 is 5.24. The largest absolute Gasteiger partial charge is 0.507 e. The molecular weight excluding hydrogens is 298 g/mol. The third-order valence-electron chi connectivity index (χ3n) is 3.59. The van der Waals surface area contributed by atoms with Gasteiger partial charge in [0.1, 0.15) is 17.2 Å². The minimum atomic E-state index is 0.141. The van der Waals surface area contributed by atoms with E-state index in [-0.39, 0.29) is 5.75 Å². The van der Waals surface area contributed by atoms with Crippen molar-refractivity contribution in [3.8, 4) is 34.0 Å². The zero-order chi connectivity index (χ0) is 15.9. The van der Waals surface area contributed by atoms with Crippen LogP contribution in [0.25, 0.3) is 22.5 Å². The van der Waals surface area contributed by atoms with Crippen LogP contribution in [0.3, 0.4) is 0 Å². The second kappa shape index (κ2) is 5.46. The smallest absolute Gasteiger partial charge is 0.128 e. The first-order chi connectivity index (χ1) is 10.5. The fourth-order valence-corrected chi connectivity index (χ4v) is 3.11. The Balaban J connectivity index is 2.20. The average Bonchev–Trinajstić information content (AvgIpc) is 3.06. The predicted octanol–water partition coefficient (Wildman–Crippen LogP) is 3.84. The first-order valence-corrected chi connectivity index (χ1v) is 7.74. The molecule has 1 aromatic carbocycles. The highest BCUT2D eigenvalue weighted by molar-refractivity contribution is 7.09. The van der Waals surface area contributed by atoms with E-state index in [0.717, 1.165) is 27.5 Å². The summed E-state index contributed by atoms with van der Waals surface area (Å²) >= 11 is 1.59. The minimum Gasteiger partial charge on any atom is -0.507 e. The summed E-state index contributed by atoms with van der Waals surface area (Å²) in [7, 11) is 1.59. The normalized spacial score (nSPS) is 10.9. The van der Waals surface area contributed by atoms with Crippen LogP contribution in [0.2, 0.25) is 0 Å². The van der Waals surface area contributed by atoms with Crippen molar-refractivity contribution < 1.29 is 9.84 Å². The van der Waals surface area contributed by atoms with Crippen molar-refractivity contribution in [1.29, 1.82) is 0 Å². The molecular formula is C16H17N3O2S. The quantitative estimate of drug-likeness (QED) is 0.770. The minimum absolute atomic E-state index is 0.141. The van der Waals surface area contributed by atoms with E-state index in [1.165, 1.54) is 0 Å². The van der Waals surface area contributed by atoms with Gasteiger partial charge in [-0.15, -0.1) is 11.3 Å². The van der Waals surface area contributed by atoms with E-state index < -0.39 is 0 Å². The van der Waals surface area contributed by atoms with Gasteiger partial charge in [0.15, 0.2) is 0 Å². The number of aromatic amines is 1. The number of rotatable bonds is 3. The van der Waals surface area contributed by atoms with Gasteiger partial charge in [-0.3, -0.25) is 5.10 Å². The van der Waals surface area contributed by atoms with Crippen molar-refractivity contribution in [2.24, 2.45) is 0 Å². The molecule has 0 radical (unpaired) electrons. The fourth-order valence-electron chi connectivity index (χ4n) is 2.50. The van der Waals surface area contributed by atoms with Crippen LogP contribution in [0.5, 0.6) is 11.5 Å². The number of aromatic hydroxyl groups is 1. The van der Waals surface area contributed by atoms with E-state index in [0.29, 0.717) is 17.0 Å². The molecule has 5 nitrogen and oxygen atoms in total. The van der Waals surface area contributed by atoms with Gasteiger partial charge in [0, 0.05) is 28.3 Å². The van der Waals surface area contributed by atoms with Crippen molar-refractivity contribution in [3.05, 3.63) is 33.8 Å². The van der Waals surface area contributed by atoms with Crippen LogP contribution in [0, 0.1) is 20.8 Å². The SMILES string of the molecule is COc1cc(O)c(-c2n[nH]c(C)c2-c2csc(C)n2)cc1C. The highest BCUT2D eigenvalue weighted by Gasteiger charge is 2.20. The van der Waals surface area contributed by atoms with Gasteiger partial charge >= 0.3 is 0 Å². The fraction of sp³-hybridized carbons (Fsp3) is 0.250. The van der Waals surface area contributed by atoms with Crippen LogP contribution < -0.4 is 4.74 Å². The molecule has 0 saturated carbocycles. The molecule has 0 aliphatic rings. The molecule has 0 spiro atoms. The molecule has 2 aromatic heterocycles. The number of H-pyrrole nitrogens is 1. The van der Waals surface area contributed by atoms with Crippen molar-refractivity contribution in [3.63, 3.8) is 0 Å². The molecule has 3 rings (SSSR count). The lowest BCUT2D eigenvalue weighted by molar-refractivity contribution is 0.405. The van der Waals surface area contributed by atoms with Crippen LogP contribution in [-0.2, 0) is 0 Å². The highest BCUT2D eigenvalue weighted by atomic mass is 32.1. The van der Waals surface area contributed by atoms with Crippen LogP contribution >= 0.6 is 11.3 Å². The zero-order valence-corrected chi connectivity index (χ0v) is 13.7. The summed E-state index contributed by atoms with van der Waals surface area (Å²) in [4.78, 5) is 4.54. The van der Waals surface area contributed by atoms with E-state index in [1.807, 2.05) is 32.2 Å². The molecule has 0 aliphatic heterocycles. The van der Waals surface area contributed by atoms with Gasteiger partial charge in [0.25, 0.3) is 0 Å². The van der Waals surface area contributed by atoms with Gasteiger partial charge in [-0.2, -0.15) is 5.10 Å². The van der Waals surface area contributed by atoms with E-state index in [4.69, 9.17) is 4.74 Å². The first-order valence-electron chi connectivity index (χ1n) is 6.86. The Morgan fingerprint density at radius 1 is 1.23 bits per heavy atom. The molecule has 6 heteroatoms. The van der Waals surface area contributed by atoms with Gasteiger partial charge in [-0.25, -0.2) is 4.98 Å². The van der Waals surface area contributed by atoms with Crippen LogP contribution in [0.4, 0.5) is 0 Å². The Morgan fingerprint density at radius 3 is 2.64 bits per heavy atom. The average molecular weight is 315 g/mol. The number of nitrogens with zero attached hydrogens (tertiary/aromatic N) is 2. The van der Waals surface area contributed by atoms with Crippen molar-refractivity contribution in [1.82, 2.24) is 15.2 Å². The lowest BCUT2D eigenvalue weighted by atomic mass is 10.0. The maximum atomic E-state index is 10.3. The van der Waals surface area contributed by atoms with E-state index in [1.54, 1.807) is 24.5 Å². The lowest BCUT2D eigenvalue weighted by Gasteiger charge is -2.10. The van der Waals surface area contributed by atoms with Crippen LogP contribution in [-0.4, -0.2) is 27.4 Å². The van der Waals surface area contributed by atoms with Gasteiger partial charge in [-0.1, -0.05) is 0 Å². The Morgan fingerprint density at radius 2 is 2.00 bits per heavy atom. The second-order valence-electron chi connectivity index (χ2n) is 5.16. The monoisotopic (exact) mass is 315 g/mol. The molecule has 114 valence electrons. The van der Waals surface area contributed by atoms with E-state index in [2.05, 4.69) is 15.2 Å². The lowest BCUT2D eigenvalue weighted by Crippen LogP contribution is -1.91. The third kappa shape index (κ3) is 2.35. The number of hydrogen-bond acceptors (Lipinski definition) is 5. The molecule has 0 aliphatic carbocycles. The Bertz CT molecular complexity index is 836. The standard InChI is InChI=1S/C16H17N3O2S/c1-8-5-11(13(20)6-14(8)21-4)16-15(9(2)18-19-16)12-7-22-10(3)17-12/h5-7,20H,1-4H3,(H,18,19). The van der Waals surface area contributed by atoms with Gasteiger partial charge in [0.2, 0.25) is 0 Å². The molecule has 0 bridgehead atoms. The number of phenolic OH excluding ortho intramolecular Hbond substituents is 1. The zero-order valence-electron chi connectivity index (χ0n) is 12.9.